The molecular weight excluding hydrogens is 422 g/mol. The zero-order valence-electron chi connectivity index (χ0n) is 15.2. The van der Waals surface area contributed by atoms with Gasteiger partial charge in [-0.3, -0.25) is 4.40 Å². The van der Waals surface area contributed by atoms with Gasteiger partial charge >= 0.3 is 0 Å². The Kier molecular flexibility index (Phi) is 5.05. The Balaban J connectivity index is 1.70. The van der Waals surface area contributed by atoms with Gasteiger partial charge in [0.05, 0.1) is 18.4 Å². The third-order valence-corrected chi connectivity index (χ3v) is 5.35. The summed E-state index contributed by atoms with van der Waals surface area (Å²) in [5, 5.41) is 11.0. The van der Waals surface area contributed by atoms with E-state index in [1.54, 1.807) is 18.6 Å². The first-order valence-electron chi connectivity index (χ1n) is 8.86. The second-order valence-corrected chi connectivity index (χ2v) is 7.31. The number of rotatable bonds is 4. The van der Waals surface area contributed by atoms with Gasteiger partial charge < -0.3 is 21.4 Å². The summed E-state index contributed by atoms with van der Waals surface area (Å²) >= 11 is 3.39. The maximum absolute atomic E-state index is 7.60. The molecule has 3 aromatic heterocycles. The highest BCUT2D eigenvalue weighted by Gasteiger charge is 2.30. The molecule has 10 heteroatoms. The lowest BCUT2D eigenvalue weighted by Crippen LogP contribution is -2.58. The normalized spacial score (nSPS) is 20.5. The van der Waals surface area contributed by atoms with Crippen LogP contribution in [0.1, 0.15) is 6.92 Å². The van der Waals surface area contributed by atoms with Gasteiger partial charge in [-0.25, -0.2) is 19.9 Å². The smallest absolute Gasteiger partial charge is 0.180 e. The number of imidazole rings is 1. The number of anilines is 1. The van der Waals surface area contributed by atoms with Crippen molar-refractivity contribution in [2.24, 2.45) is 5.73 Å². The largest absolute Gasteiger partial charge is 0.404 e. The first-order chi connectivity index (χ1) is 13.6. The third kappa shape index (κ3) is 3.25. The number of aromatic nitrogens is 5. The molecule has 144 valence electrons. The summed E-state index contributed by atoms with van der Waals surface area (Å²) in [5.74, 6) is 1.42. The lowest BCUT2D eigenvalue weighted by Gasteiger charge is -2.41. The Morgan fingerprint density at radius 3 is 3.00 bits per heavy atom. The molecule has 0 aromatic carbocycles. The highest BCUT2D eigenvalue weighted by atomic mass is 79.9. The average molecular weight is 442 g/mol. The maximum Gasteiger partial charge on any atom is 0.180 e. The van der Waals surface area contributed by atoms with Crippen LogP contribution in [-0.4, -0.2) is 55.7 Å². The zero-order valence-corrected chi connectivity index (χ0v) is 16.8. The molecule has 1 aliphatic heterocycles. The van der Waals surface area contributed by atoms with E-state index in [1.807, 2.05) is 16.7 Å². The molecule has 2 unspecified atom stereocenters. The van der Waals surface area contributed by atoms with Crippen molar-refractivity contribution in [2.45, 2.75) is 19.0 Å². The molecule has 4 rings (SSSR count). The van der Waals surface area contributed by atoms with Crippen LogP contribution in [-0.2, 0) is 0 Å². The summed E-state index contributed by atoms with van der Waals surface area (Å²) in [4.78, 5) is 20.0. The van der Waals surface area contributed by atoms with Gasteiger partial charge in [-0.1, -0.05) is 0 Å². The average Bonchev–Trinajstić information content (AvgIpc) is 3.13. The summed E-state index contributed by atoms with van der Waals surface area (Å²) in [6, 6.07) is 1.94. The predicted molar refractivity (Wildman–Crippen MR) is 111 cm³/mol. The summed E-state index contributed by atoms with van der Waals surface area (Å²) in [5.41, 5.74) is 7.97. The first-order valence-corrected chi connectivity index (χ1v) is 9.66. The van der Waals surface area contributed by atoms with Crippen molar-refractivity contribution in [3.05, 3.63) is 47.2 Å². The lowest BCUT2D eigenvalue weighted by atomic mass is 9.98. The number of nitrogens with zero attached hydrogens (tertiary/aromatic N) is 6. The van der Waals surface area contributed by atoms with Crippen molar-refractivity contribution in [2.75, 3.05) is 18.0 Å². The Bertz CT molecular complexity index is 1040. The molecule has 0 saturated carbocycles. The van der Waals surface area contributed by atoms with E-state index in [9.17, 15) is 0 Å². The topological polar surface area (TPSA) is 121 Å². The van der Waals surface area contributed by atoms with E-state index in [-0.39, 0.29) is 12.1 Å². The van der Waals surface area contributed by atoms with Crippen LogP contribution in [0.4, 0.5) is 5.82 Å². The number of piperazine rings is 1. The third-order valence-electron chi connectivity index (χ3n) is 4.94. The number of nitrogens with one attached hydrogen (secondary N) is 2. The summed E-state index contributed by atoms with van der Waals surface area (Å²) < 4.78 is 2.62. The van der Waals surface area contributed by atoms with Crippen molar-refractivity contribution >= 4 is 33.6 Å². The van der Waals surface area contributed by atoms with Crippen molar-refractivity contribution in [3.63, 3.8) is 0 Å². The van der Waals surface area contributed by atoms with Crippen LogP contribution in [0, 0.1) is 5.41 Å². The number of nitrogens with two attached hydrogens (primary N) is 1. The summed E-state index contributed by atoms with van der Waals surface area (Å²) in [6.45, 7) is 3.67. The Hall–Kier alpha value is -2.85. The van der Waals surface area contributed by atoms with E-state index in [1.165, 1.54) is 12.4 Å². The minimum absolute atomic E-state index is 0.0347. The molecular formula is C18H20BrN9. The summed E-state index contributed by atoms with van der Waals surface area (Å²) in [7, 11) is 0. The zero-order chi connectivity index (χ0) is 19.7. The van der Waals surface area contributed by atoms with Gasteiger partial charge in [-0.2, -0.15) is 0 Å². The van der Waals surface area contributed by atoms with E-state index >= 15 is 0 Å². The van der Waals surface area contributed by atoms with Crippen molar-refractivity contribution < 1.29 is 0 Å². The Morgan fingerprint density at radius 2 is 2.21 bits per heavy atom. The standard InChI is InChI=1S/C18H20BrN9/c1-11-17(12(6-20)7-21)22-4-5-27(11)15-2-3-23-18(26-15)13-8-25-16-9-24-14(19)10-28(13)16/h2-3,6-11,17,20,22H,4-5,21H2,1H3/b12-7+,20-6?. The minimum atomic E-state index is -0.0347. The molecule has 0 bridgehead atoms. The quantitative estimate of drug-likeness (QED) is 0.525. The minimum Gasteiger partial charge on any atom is -0.404 e. The van der Waals surface area contributed by atoms with E-state index in [0.717, 1.165) is 35.8 Å². The van der Waals surface area contributed by atoms with E-state index in [0.29, 0.717) is 10.4 Å². The van der Waals surface area contributed by atoms with Crippen molar-refractivity contribution in [1.29, 1.82) is 5.41 Å². The van der Waals surface area contributed by atoms with E-state index < -0.39 is 0 Å². The molecule has 4 N–H and O–H groups in total. The number of fused-ring (bicyclic) bond motifs is 1. The van der Waals surface area contributed by atoms with Crippen LogP contribution in [0.15, 0.2) is 47.2 Å². The summed E-state index contributed by atoms with van der Waals surface area (Å²) in [6.07, 6.45) is 9.83. The van der Waals surface area contributed by atoms with Gasteiger partial charge in [-0.05, 0) is 28.9 Å². The van der Waals surface area contributed by atoms with Gasteiger partial charge in [0, 0.05) is 49.5 Å². The Morgan fingerprint density at radius 1 is 1.36 bits per heavy atom. The molecule has 2 atom stereocenters. The van der Waals surface area contributed by atoms with Gasteiger partial charge in [0.25, 0.3) is 0 Å². The molecule has 1 saturated heterocycles. The monoisotopic (exact) mass is 441 g/mol. The van der Waals surface area contributed by atoms with Crippen LogP contribution in [0.2, 0.25) is 0 Å². The van der Waals surface area contributed by atoms with Crippen LogP contribution in [0.25, 0.3) is 17.2 Å². The molecule has 4 heterocycles. The van der Waals surface area contributed by atoms with Gasteiger partial charge in [0.1, 0.15) is 16.1 Å². The van der Waals surface area contributed by atoms with E-state index in [4.69, 9.17) is 16.1 Å². The van der Waals surface area contributed by atoms with Gasteiger partial charge in [0.2, 0.25) is 0 Å². The molecule has 3 aromatic rings. The molecule has 9 nitrogen and oxygen atoms in total. The molecule has 0 radical (unpaired) electrons. The number of hydrogen-bond acceptors (Lipinski definition) is 8. The second kappa shape index (κ2) is 7.64. The fraction of sp³-hybridized carbons (Fsp3) is 0.278. The fourth-order valence-corrected chi connectivity index (χ4v) is 3.83. The molecule has 0 amide bonds. The Labute approximate surface area is 170 Å². The SMILES string of the molecule is CC1C(/C(C=N)=C/N)NCCN1c1ccnc(-c2cnc3cnc(Br)cn23)n1. The maximum atomic E-state index is 7.60. The fourth-order valence-electron chi connectivity index (χ4n) is 3.52. The predicted octanol–water partition coefficient (Wildman–Crippen LogP) is 1.61. The van der Waals surface area contributed by atoms with Gasteiger partial charge in [0.15, 0.2) is 11.5 Å². The number of halogens is 1. The highest BCUT2D eigenvalue weighted by Crippen LogP contribution is 2.24. The second-order valence-electron chi connectivity index (χ2n) is 6.50. The van der Waals surface area contributed by atoms with Crippen LogP contribution in [0.3, 0.4) is 0 Å². The molecule has 0 aliphatic carbocycles. The molecule has 0 spiro atoms. The van der Waals surface area contributed by atoms with Crippen molar-refractivity contribution in [3.8, 4) is 11.5 Å². The first kappa shape index (κ1) is 18.5. The van der Waals surface area contributed by atoms with E-state index in [2.05, 4.69) is 48.0 Å². The van der Waals surface area contributed by atoms with Crippen molar-refractivity contribution in [1.82, 2.24) is 29.7 Å². The van der Waals surface area contributed by atoms with Crippen LogP contribution >= 0.6 is 15.9 Å². The molecule has 1 fully saturated rings. The highest BCUT2D eigenvalue weighted by molar-refractivity contribution is 9.10. The lowest BCUT2D eigenvalue weighted by molar-refractivity contribution is 0.424. The molecule has 1 aliphatic rings. The van der Waals surface area contributed by atoms with Crippen LogP contribution < -0.4 is 16.0 Å². The molecule has 28 heavy (non-hydrogen) atoms. The van der Waals surface area contributed by atoms with Gasteiger partial charge in [-0.15, -0.1) is 0 Å². The number of hydrogen-bond donors (Lipinski definition) is 3. The van der Waals surface area contributed by atoms with Crippen LogP contribution in [0.5, 0.6) is 0 Å².